The predicted octanol–water partition coefficient (Wildman–Crippen LogP) is 4.17. The van der Waals surface area contributed by atoms with Gasteiger partial charge in [-0.1, -0.05) is 54.6 Å². The molecule has 0 unspecified atom stereocenters. The Morgan fingerprint density at radius 1 is 1.07 bits per heavy atom. The molecule has 0 aliphatic rings. The molecular formula is C23H20N2O3. The van der Waals surface area contributed by atoms with Gasteiger partial charge in [0.25, 0.3) is 0 Å². The van der Waals surface area contributed by atoms with Crippen molar-refractivity contribution in [2.24, 2.45) is 7.05 Å². The Hall–Kier alpha value is -3.65. The highest BCUT2D eigenvalue weighted by Crippen LogP contribution is 2.30. The van der Waals surface area contributed by atoms with Crippen LogP contribution in [0, 0.1) is 11.3 Å². The first-order chi connectivity index (χ1) is 13.5. The SMILES string of the molecule is CCOC(=O)c1c(-c2ccc(C(=O)Cc3ccccc3)cc2)c(C#N)cn1C. The summed E-state index contributed by atoms with van der Waals surface area (Å²) in [6, 6.07) is 18.7. The molecule has 0 saturated heterocycles. The molecule has 28 heavy (non-hydrogen) atoms. The lowest BCUT2D eigenvalue weighted by atomic mass is 9.97. The summed E-state index contributed by atoms with van der Waals surface area (Å²) in [4.78, 5) is 24.9. The minimum Gasteiger partial charge on any atom is -0.461 e. The lowest BCUT2D eigenvalue weighted by Gasteiger charge is -2.08. The number of esters is 1. The number of aromatic nitrogens is 1. The Bertz CT molecular complexity index is 1040. The third-order valence-corrected chi connectivity index (χ3v) is 4.47. The number of hydrogen-bond donors (Lipinski definition) is 0. The van der Waals surface area contributed by atoms with Crippen molar-refractivity contribution >= 4 is 11.8 Å². The molecule has 0 radical (unpaired) electrons. The van der Waals surface area contributed by atoms with E-state index < -0.39 is 5.97 Å². The van der Waals surface area contributed by atoms with Gasteiger partial charge in [-0.25, -0.2) is 4.79 Å². The lowest BCUT2D eigenvalue weighted by molar-refractivity contribution is 0.0516. The number of aryl methyl sites for hydroxylation is 1. The summed E-state index contributed by atoms with van der Waals surface area (Å²) in [5, 5.41) is 9.47. The quantitative estimate of drug-likeness (QED) is 0.481. The van der Waals surface area contributed by atoms with Crippen LogP contribution in [0.25, 0.3) is 11.1 Å². The van der Waals surface area contributed by atoms with Crippen molar-refractivity contribution in [1.82, 2.24) is 4.57 Å². The maximum absolute atomic E-state index is 12.5. The first kappa shape index (κ1) is 19.1. The molecule has 0 bridgehead atoms. The molecule has 0 aliphatic carbocycles. The van der Waals surface area contributed by atoms with Crippen molar-refractivity contribution in [3.8, 4) is 17.2 Å². The fourth-order valence-electron chi connectivity index (χ4n) is 3.16. The number of ketones is 1. The van der Waals surface area contributed by atoms with Gasteiger partial charge in [-0.05, 0) is 18.1 Å². The van der Waals surface area contributed by atoms with E-state index >= 15 is 0 Å². The molecule has 0 fully saturated rings. The molecule has 0 amide bonds. The summed E-state index contributed by atoms with van der Waals surface area (Å²) in [6.07, 6.45) is 1.93. The minimum absolute atomic E-state index is 0.0111. The Kier molecular flexibility index (Phi) is 5.71. The molecule has 3 aromatic rings. The van der Waals surface area contributed by atoms with Gasteiger partial charge in [0.2, 0.25) is 0 Å². The monoisotopic (exact) mass is 372 g/mol. The van der Waals surface area contributed by atoms with E-state index in [1.54, 1.807) is 49.0 Å². The minimum atomic E-state index is -0.481. The van der Waals surface area contributed by atoms with Crippen LogP contribution in [0.3, 0.4) is 0 Å². The topological polar surface area (TPSA) is 72.1 Å². The van der Waals surface area contributed by atoms with Crippen molar-refractivity contribution in [3.05, 3.63) is 83.2 Å². The van der Waals surface area contributed by atoms with Gasteiger partial charge in [0.05, 0.1) is 12.2 Å². The van der Waals surface area contributed by atoms with Gasteiger partial charge in [-0.3, -0.25) is 4.79 Å². The third-order valence-electron chi connectivity index (χ3n) is 4.47. The summed E-state index contributed by atoms with van der Waals surface area (Å²) in [5.41, 5.74) is 3.45. The number of rotatable bonds is 6. The highest BCUT2D eigenvalue weighted by molar-refractivity contribution is 6.00. The van der Waals surface area contributed by atoms with Crippen molar-refractivity contribution < 1.29 is 14.3 Å². The molecule has 0 spiro atoms. The van der Waals surface area contributed by atoms with Gasteiger partial charge in [-0.15, -0.1) is 0 Å². The number of ether oxygens (including phenoxy) is 1. The largest absolute Gasteiger partial charge is 0.461 e. The molecule has 1 aromatic heterocycles. The molecule has 3 rings (SSSR count). The van der Waals surface area contributed by atoms with E-state index in [1.807, 2.05) is 30.3 Å². The summed E-state index contributed by atoms with van der Waals surface area (Å²) < 4.78 is 6.73. The van der Waals surface area contributed by atoms with E-state index in [-0.39, 0.29) is 12.4 Å². The highest BCUT2D eigenvalue weighted by atomic mass is 16.5. The van der Waals surface area contributed by atoms with Gasteiger partial charge in [-0.2, -0.15) is 5.26 Å². The fraction of sp³-hybridized carbons (Fsp3) is 0.174. The molecule has 0 atom stereocenters. The second-order valence-corrected chi connectivity index (χ2v) is 6.37. The number of nitriles is 1. The van der Waals surface area contributed by atoms with Crippen LogP contribution in [0.5, 0.6) is 0 Å². The highest BCUT2D eigenvalue weighted by Gasteiger charge is 2.23. The maximum Gasteiger partial charge on any atom is 0.355 e. The van der Waals surface area contributed by atoms with E-state index in [0.717, 1.165) is 5.56 Å². The van der Waals surface area contributed by atoms with E-state index in [9.17, 15) is 14.9 Å². The van der Waals surface area contributed by atoms with Crippen LogP contribution in [-0.2, 0) is 18.2 Å². The zero-order valence-corrected chi connectivity index (χ0v) is 15.8. The Morgan fingerprint density at radius 3 is 2.36 bits per heavy atom. The van der Waals surface area contributed by atoms with Crippen LogP contribution in [-0.4, -0.2) is 22.9 Å². The first-order valence-corrected chi connectivity index (χ1v) is 8.99. The second kappa shape index (κ2) is 8.36. The van der Waals surface area contributed by atoms with Crippen LogP contribution in [0.4, 0.5) is 0 Å². The van der Waals surface area contributed by atoms with Crippen molar-refractivity contribution in [3.63, 3.8) is 0 Å². The molecule has 0 N–H and O–H groups in total. The maximum atomic E-state index is 12.5. The number of Topliss-reactive ketones (excluding diaryl/α,β-unsaturated/α-hetero) is 1. The van der Waals surface area contributed by atoms with Gasteiger partial charge >= 0.3 is 5.97 Å². The van der Waals surface area contributed by atoms with E-state index in [4.69, 9.17) is 4.74 Å². The molecule has 1 heterocycles. The van der Waals surface area contributed by atoms with Crippen molar-refractivity contribution in [2.45, 2.75) is 13.3 Å². The van der Waals surface area contributed by atoms with Crippen molar-refractivity contribution in [2.75, 3.05) is 6.61 Å². The first-order valence-electron chi connectivity index (χ1n) is 8.99. The summed E-state index contributed by atoms with van der Waals surface area (Å²) >= 11 is 0. The van der Waals surface area contributed by atoms with E-state index in [2.05, 4.69) is 6.07 Å². The molecule has 0 aliphatic heterocycles. The Balaban J connectivity index is 1.92. The Labute approximate surface area is 163 Å². The average Bonchev–Trinajstić information content (AvgIpc) is 3.05. The van der Waals surface area contributed by atoms with Crippen LogP contribution in [0.1, 0.15) is 38.9 Å². The zero-order chi connectivity index (χ0) is 20.1. The average molecular weight is 372 g/mol. The summed E-state index contributed by atoms with van der Waals surface area (Å²) in [5.74, 6) is -0.470. The van der Waals surface area contributed by atoms with Gasteiger partial charge in [0.1, 0.15) is 11.8 Å². The molecule has 0 saturated carbocycles. The Morgan fingerprint density at radius 2 is 1.75 bits per heavy atom. The van der Waals surface area contributed by atoms with Crippen LogP contribution in [0.15, 0.2) is 60.8 Å². The van der Waals surface area contributed by atoms with Crippen LogP contribution in [0.2, 0.25) is 0 Å². The third kappa shape index (κ3) is 3.86. The normalized spacial score (nSPS) is 10.3. The standard InChI is InChI=1S/C23H20N2O3/c1-3-28-23(27)22-21(19(14-24)15-25(22)2)18-11-9-17(10-12-18)20(26)13-16-7-5-4-6-8-16/h4-12,15H,3,13H2,1-2H3. The van der Waals surface area contributed by atoms with Crippen molar-refractivity contribution in [1.29, 1.82) is 5.26 Å². The smallest absolute Gasteiger partial charge is 0.355 e. The molecular weight excluding hydrogens is 352 g/mol. The molecule has 2 aromatic carbocycles. The number of carbonyl (C=O) groups excluding carboxylic acids is 2. The van der Waals surface area contributed by atoms with Crippen LogP contribution >= 0.6 is 0 Å². The van der Waals surface area contributed by atoms with Gasteiger partial charge < -0.3 is 9.30 Å². The van der Waals surface area contributed by atoms with Gasteiger partial charge in [0, 0.05) is 30.8 Å². The zero-order valence-electron chi connectivity index (χ0n) is 15.8. The van der Waals surface area contributed by atoms with E-state index in [1.165, 1.54) is 0 Å². The number of hydrogen-bond acceptors (Lipinski definition) is 4. The van der Waals surface area contributed by atoms with Gasteiger partial charge in [0.15, 0.2) is 5.78 Å². The van der Waals surface area contributed by atoms with Crippen LogP contribution < -0.4 is 0 Å². The summed E-state index contributed by atoms with van der Waals surface area (Å²) in [7, 11) is 1.70. The summed E-state index contributed by atoms with van der Waals surface area (Å²) in [6.45, 7) is 1.98. The predicted molar refractivity (Wildman–Crippen MR) is 106 cm³/mol. The number of carbonyl (C=O) groups is 2. The molecule has 5 heteroatoms. The fourth-order valence-corrected chi connectivity index (χ4v) is 3.16. The molecule has 5 nitrogen and oxygen atoms in total. The van der Waals surface area contributed by atoms with E-state index in [0.29, 0.717) is 34.4 Å². The molecule has 140 valence electrons. The number of benzene rings is 2. The number of nitrogens with zero attached hydrogens (tertiary/aromatic N) is 2. The second-order valence-electron chi connectivity index (χ2n) is 6.37. The lowest BCUT2D eigenvalue weighted by Crippen LogP contribution is -2.11.